The molecule has 0 aliphatic heterocycles. The molecule has 130 valence electrons. The Kier molecular flexibility index (Phi) is 6.26. The lowest BCUT2D eigenvalue weighted by atomic mass is 10.1. The van der Waals surface area contributed by atoms with Crippen molar-refractivity contribution in [2.24, 2.45) is 5.10 Å². The van der Waals surface area contributed by atoms with Crippen molar-refractivity contribution in [2.45, 2.75) is 6.92 Å². The summed E-state index contributed by atoms with van der Waals surface area (Å²) in [6.45, 7) is 1.70. The number of rotatable bonds is 5. The molecule has 7 nitrogen and oxygen atoms in total. The number of ether oxygens (including phenoxy) is 1. The van der Waals surface area contributed by atoms with Gasteiger partial charge in [0, 0.05) is 17.3 Å². The zero-order valence-electron chi connectivity index (χ0n) is 13.4. The minimum atomic E-state index is -0.539. The molecule has 0 saturated carbocycles. The summed E-state index contributed by atoms with van der Waals surface area (Å²) >= 11 is 11.0. The van der Waals surface area contributed by atoms with Crippen LogP contribution in [0.2, 0.25) is 5.02 Å². The van der Waals surface area contributed by atoms with E-state index in [1.165, 1.54) is 12.1 Å². The molecular formula is C16H15ClN4O3S. The molecule has 2 aromatic rings. The number of hydrazone groups is 1. The van der Waals surface area contributed by atoms with Gasteiger partial charge in [0.25, 0.3) is 5.69 Å². The van der Waals surface area contributed by atoms with Crippen LogP contribution in [-0.2, 0) is 0 Å². The number of anilines is 1. The second-order valence-corrected chi connectivity index (χ2v) is 5.73. The van der Waals surface area contributed by atoms with Gasteiger partial charge in [0.1, 0.15) is 10.8 Å². The van der Waals surface area contributed by atoms with E-state index in [0.29, 0.717) is 11.3 Å². The van der Waals surface area contributed by atoms with E-state index in [9.17, 15) is 10.1 Å². The Hall–Kier alpha value is -2.71. The molecule has 0 aliphatic rings. The van der Waals surface area contributed by atoms with Gasteiger partial charge >= 0.3 is 0 Å². The summed E-state index contributed by atoms with van der Waals surface area (Å²) in [4.78, 5) is 10.4. The highest BCUT2D eigenvalue weighted by Gasteiger charge is 2.13. The number of nitrogens with one attached hydrogen (secondary N) is 2. The van der Waals surface area contributed by atoms with Gasteiger partial charge in [-0.15, -0.1) is 0 Å². The predicted octanol–water partition coefficient (Wildman–Crippen LogP) is 3.97. The fraction of sp³-hybridized carbons (Fsp3) is 0.125. The quantitative estimate of drug-likeness (QED) is 0.354. The topological polar surface area (TPSA) is 88.8 Å². The molecule has 9 heteroatoms. The van der Waals surface area contributed by atoms with Crippen LogP contribution in [0, 0.1) is 10.1 Å². The third-order valence-electron chi connectivity index (χ3n) is 3.23. The first kappa shape index (κ1) is 18.6. The summed E-state index contributed by atoms with van der Waals surface area (Å²) < 4.78 is 5.08. The SMILES string of the molecule is COc1ccc(NC(=S)N/N=C(/C)c2ccc(Cl)c([N+](=O)[O-])c2)cc1. The monoisotopic (exact) mass is 378 g/mol. The summed E-state index contributed by atoms with van der Waals surface area (Å²) in [6, 6.07) is 11.7. The van der Waals surface area contributed by atoms with Crippen molar-refractivity contribution in [2.75, 3.05) is 12.4 Å². The molecule has 0 bridgehead atoms. The molecule has 0 aliphatic carbocycles. The number of halogens is 1. The Bertz CT molecular complexity index is 825. The Morgan fingerprint density at radius 3 is 2.56 bits per heavy atom. The molecule has 0 amide bonds. The zero-order valence-corrected chi connectivity index (χ0v) is 15.0. The number of hydrogen-bond acceptors (Lipinski definition) is 5. The van der Waals surface area contributed by atoms with Gasteiger partial charge in [-0.1, -0.05) is 17.7 Å². The number of methoxy groups -OCH3 is 1. The van der Waals surface area contributed by atoms with Crippen LogP contribution in [0.4, 0.5) is 11.4 Å². The number of thiocarbonyl (C=S) groups is 1. The van der Waals surface area contributed by atoms with Crippen LogP contribution < -0.4 is 15.5 Å². The summed E-state index contributed by atoms with van der Waals surface area (Å²) in [5.41, 5.74) is 4.39. The molecule has 0 saturated heterocycles. The molecule has 0 radical (unpaired) electrons. The predicted molar refractivity (Wildman–Crippen MR) is 103 cm³/mol. The van der Waals surface area contributed by atoms with E-state index >= 15 is 0 Å². The highest BCUT2D eigenvalue weighted by atomic mass is 35.5. The van der Waals surface area contributed by atoms with Crippen molar-refractivity contribution in [1.29, 1.82) is 0 Å². The van der Waals surface area contributed by atoms with Gasteiger partial charge in [-0.2, -0.15) is 5.10 Å². The normalized spacial score (nSPS) is 10.9. The molecule has 2 aromatic carbocycles. The average Bonchev–Trinajstić information content (AvgIpc) is 2.60. The zero-order chi connectivity index (χ0) is 18.4. The molecule has 2 N–H and O–H groups in total. The molecule has 0 fully saturated rings. The molecule has 0 aromatic heterocycles. The Morgan fingerprint density at radius 1 is 1.28 bits per heavy atom. The smallest absolute Gasteiger partial charge is 0.288 e. The molecule has 2 rings (SSSR count). The summed E-state index contributed by atoms with van der Waals surface area (Å²) in [5.74, 6) is 0.739. The first-order valence-electron chi connectivity index (χ1n) is 7.10. The second-order valence-electron chi connectivity index (χ2n) is 4.91. The van der Waals surface area contributed by atoms with Gasteiger partial charge < -0.3 is 10.1 Å². The molecule has 0 atom stereocenters. The van der Waals surface area contributed by atoms with Crippen molar-refractivity contribution >= 4 is 46.0 Å². The van der Waals surface area contributed by atoms with Crippen LogP contribution in [0.3, 0.4) is 0 Å². The largest absolute Gasteiger partial charge is 0.497 e. The average molecular weight is 379 g/mol. The fourth-order valence-corrected chi connectivity index (χ4v) is 2.26. The summed E-state index contributed by atoms with van der Waals surface area (Å²) in [7, 11) is 1.59. The van der Waals surface area contributed by atoms with Crippen molar-refractivity contribution in [3.63, 3.8) is 0 Å². The molecule has 0 spiro atoms. The van der Waals surface area contributed by atoms with Gasteiger partial charge in [-0.25, -0.2) is 0 Å². The number of hydrogen-bond donors (Lipinski definition) is 2. The van der Waals surface area contributed by atoms with Gasteiger partial charge in [-0.3, -0.25) is 15.5 Å². The molecular weight excluding hydrogens is 364 g/mol. The first-order chi connectivity index (χ1) is 11.9. The fourth-order valence-electron chi connectivity index (χ4n) is 1.91. The Labute approximate surface area is 154 Å². The lowest BCUT2D eigenvalue weighted by Crippen LogP contribution is -2.24. The maximum atomic E-state index is 10.9. The van der Waals surface area contributed by atoms with Crippen molar-refractivity contribution in [3.05, 3.63) is 63.2 Å². The third kappa shape index (κ3) is 5.13. The maximum Gasteiger partial charge on any atom is 0.288 e. The number of nitro benzene ring substituents is 1. The van der Waals surface area contributed by atoms with E-state index in [1.54, 1.807) is 32.2 Å². The van der Waals surface area contributed by atoms with Crippen LogP contribution in [0.25, 0.3) is 0 Å². The molecule has 25 heavy (non-hydrogen) atoms. The molecule has 0 unspecified atom stereocenters. The Morgan fingerprint density at radius 2 is 1.96 bits per heavy atom. The highest BCUT2D eigenvalue weighted by Crippen LogP contribution is 2.25. The number of benzene rings is 2. The van der Waals surface area contributed by atoms with E-state index in [0.717, 1.165) is 11.4 Å². The van der Waals surface area contributed by atoms with Crippen molar-refractivity contribution < 1.29 is 9.66 Å². The third-order valence-corrected chi connectivity index (χ3v) is 3.75. The van der Waals surface area contributed by atoms with Crippen LogP contribution in [0.5, 0.6) is 5.75 Å². The van der Waals surface area contributed by atoms with E-state index < -0.39 is 4.92 Å². The van der Waals surface area contributed by atoms with Crippen LogP contribution in [0.1, 0.15) is 12.5 Å². The highest BCUT2D eigenvalue weighted by molar-refractivity contribution is 7.80. The summed E-state index contributed by atoms with van der Waals surface area (Å²) in [5, 5.41) is 18.4. The molecule has 0 heterocycles. The van der Waals surface area contributed by atoms with Crippen molar-refractivity contribution in [1.82, 2.24) is 5.43 Å². The lowest BCUT2D eigenvalue weighted by molar-refractivity contribution is -0.384. The van der Waals surface area contributed by atoms with Gasteiger partial charge in [0.05, 0.1) is 17.7 Å². The van der Waals surface area contributed by atoms with Crippen LogP contribution in [-0.4, -0.2) is 22.9 Å². The standard InChI is InChI=1S/C16H15ClN4O3S/c1-10(11-3-8-14(17)15(9-11)21(22)23)19-20-16(25)18-12-4-6-13(24-2)7-5-12/h3-9H,1-2H3,(H2,18,20,25)/b19-10-. The second kappa shape index (κ2) is 8.41. The van der Waals surface area contributed by atoms with Crippen LogP contribution in [0.15, 0.2) is 47.6 Å². The van der Waals surface area contributed by atoms with Gasteiger partial charge in [0.2, 0.25) is 0 Å². The van der Waals surface area contributed by atoms with Crippen molar-refractivity contribution in [3.8, 4) is 5.75 Å². The number of nitrogens with zero attached hydrogens (tertiary/aromatic N) is 2. The minimum absolute atomic E-state index is 0.0752. The maximum absolute atomic E-state index is 10.9. The van der Waals surface area contributed by atoms with E-state index in [2.05, 4.69) is 15.8 Å². The van der Waals surface area contributed by atoms with Crippen LogP contribution >= 0.6 is 23.8 Å². The minimum Gasteiger partial charge on any atom is -0.497 e. The number of nitro groups is 1. The van der Waals surface area contributed by atoms with E-state index in [1.807, 2.05) is 12.1 Å². The van der Waals surface area contributed by atoms with E-state index in [-0.39, 0.29) is 15.8 Å². The first-order valence-corrected chi connectivity index (χ1v) is 7.89. The summed E-state index contributed by atoms with van der Waals surface area (Å²) in [6.07, 6.45) is 0. The van der Waals surface area contributed by atoms with Gasteiger partial charge in [-0.05, 0) is 49.5 Å². The lowest BCUT2D eigenvalue weighted by Gasteiger charge is -2.09. The van der Waals surface area contributed by atoms with Gasteiger partial charge in [0.15, 0.2) is 5.11 Å². The van der Waals surface area contributed by atoms with E-state index in [4.69, 9.17) is 28.6 Å². The Balaban J connectivity index is 2.03.